The number of hydrogen-bond donors (Lipinski definition) is 3. The van der Waals surface area contributed by atoms with Gasteiger partial charge < -0.3 is 15.6 Å². The average Bonchev–Trinajstić information content (AvgIpc) is 3.06. The molecule has 1 saturated carbocycles. The molecule has 0 bridgehead atoms. The largest absolute Gasteiger partial charge is 0.349 e. The zero-order chi connectivity index (χ0) is 19.7. The van der Waals surface area contributed by atoms with Crippen LogP contribution >= 0.6 is 23.2 Å². The molecule has 2 aromatic carbocycles. The molecule has 0 spiro atoms. The number of halogens is 3. The summed E-state index contributed by atoms with van der Waals surface area (Å²) in [6.45, 7) is 0. The lowest BCUT2D eigenvalue weighted by molar-refractivity contribution is 0.0924. The number of nitrogens with zero attached hydrogens (tertiary/aromatic N) is 1. The Morgan fingerprint density at radius 1 is 1.14 bits per heavy atom. The van der Waals surface area contributed by atoms with Crippen molar-refractivity contribution in [2.24, 2.45) is 0 Å². The molecule has 28 heavy (non-hydrogen) atoms. The van der Waals surface area contributed by atoms with Crippen LogP contribution in [0.25, 0.3) is 11.0 Å². The van der Waals surface area contributed by atoms with Crippen LogP contribution in [0.2, 0.25) is 10.0 Å². The van der Waals surface area contributed by atoms with Gasteiger partial charge in [-0.15, -0.1) is 0 Å². The van der Waals surface area contributed by atoms with Gasteiger partial charge in [-0.1, -0.05) is 48.5 Å². The summed E-state index contributed by atoms with van der Waals surface area (Å²) in [6.07, 6.45) is 5.23. The number of carbonyl (C=O) groups is 1. The summed E-state index contributed by atoms with van der Waals surface area (Å²) in [5.41, 5.74) is 1.44. The normalized spacial score (nSPS) is 15.0. The topological polar surface area (TPSA) is 69.8 Å². The molecule has 0 radical (unpaired) electrons. The Morgan fingerprint density at radius 3 is 2.57 bits per heavy atom. The minimum Gasteiger partial charge on any atom is -0.349 e. The van der Waals surface area contributed by atoms with E-state index in [1.54, 1.807) is 18.2 Å². The molecule has 5 nitrogen and oxygen atoms in total. The van der Waals surface area contributed by atoms with Crippen molar-refractivity contribution in [2.45, 2.75) is 38.1 Å². The lowest BCUT2D eigenvalue weighted by Crippen LogP contribution is -2.36. The highest BCUT2D eigenvalue weighted by Gasteiger charge is 2.20. The highest BCUT2D eigenvalue weighted by Crippen LogP contribution is 2.32. The van der Waals surface area contributed by atoms with E-state index in [0.29, 0.717) is 32.7 Å². The third-order valence-corrected chi connectivity index (χ3v) is 5.59. The second kappa shape index (κ2) is 7.97. The van der Waals surface area contributed by atoms with E-state index >= 15 is 0 Å². The highest BCUT2D eigenvalue weighted by atomic mass is 35.5. The van der Waals surface area contributed by atoms with Crippen LogP contribution in [0.15, 0.2) is 30.3 Å². The summed E-state index contributed by atoms with van der Waals surface area (Å²) in [5, 5.41) is 6.82. The van der Waals surface area contributed by atoms with Crippen LogP contribution in [0.1, 0.15) is 42.5 Å². The summed E-state index contributed by atoms with van der Waals surface area (Å²) >= 11 is 12.3. The number of amides is 1. The predicted octanol–water partition coefficient (Wildman–Crippen LogP) is 5.81. The van der Waals surface area contributed by atoms with Gasteiger partial charge in [0, 0.05) is 12.1 Å². The molecule has 0 aliphatic heterocycles. The Kier molecular flexibility index (Phi) is 5.42. The number of nitrogens with one attached hydrogen (secondary N) is 3. The average molecular weight is 421 g/mol. The minimum atomic E-state index is -0.591. The summed E-state index contributed by atoms with van der Waals surface area (Å²) in [4.78, 5) is 19.9. The summed E-state index contributed by atoms with van der Waals surface area (Å²) in [7, 11) is 0. The van der Waals surface area contributed by atoms with Gasteiger partial charge in [-0.2, -0.15) is 0 Å². The molecule has 1 fully saturated rings. The maximum absolute atomic E-state index is 14.5. The molecule has 8 heteroatoms. The number of anilines is 2. The van der Waals surface area contributed by atoms with Gasteiger partial charge in [-0.25, -0.2) is 9.37 Å². The standard InChI is InChI=1S/C20H19Cl2FN4O/c21-13-7-4-8-14(22)18(13)27-20-25-16-9-12(15(23)10-17(16)26-20)19(28)24-11-5-2-1-3-6-11/h4,7-11H,1-3,5-6H2,(H,24,28)(H2,25,26,27). The van der Waals surface area contributed by atoms with Crippen molar-refractivity contribution < 1.29 is 9.18 Å². The molecule has 0 atom stereocenters. The van der Waals surface area contributed by atoms with Crippen molar-refractivity contribution in [1.29, 1.82) is 0 Å². The first-order valence-electron chi connectivity index (χ1n) is 9.22. The fourth-order valence-corrected chi connectivity index (χ4v) is 4.00. The number of aromatic amines is 1. The maximum atomic E-state index is 14.5. The fourth-order valence-electron chi connectivity index (χ4n) is 3.51. The van der Waals surface area contributed by atoms with Gasteiger partial charge >= 0.3 is 0 Å². The van der Waals surface area contributed by atoms with Crippen LogP contribution < -0.4 is 10.6 Å². The van der Waals surface area contributed by atoms with E-state index in [1.807, 2.05) is 0 Å². The molecule has 1 heterocycles. The minimum absolute atomic E-state index is 0.00750. The van der Waals surface area contributed by atoms with Gasteiger partial charge in [0.2, 0.25) is 5.95 Å². The third kappa shape index (κ3) is 3.93. The van der Waals surface area contributed by atoms with E-state index in [4.69, 9.17) is 23.2 Å². The summed E-state index contributed by atoms with van der Waals surface area (Å²) in [6, 6.07) is 7.98. The van der Waals surface area contributed by atoms with Crippen LogP contribution in [0.4, 0.5) is 16.0 Å². The Labute approximate surface area is 171 Å². The van der Waals surface area contributed by atoms with Crippen molar-refractivity contribution in [1.82, 2.24) is 15.3 Å². The number of fused-ring (bicyclic) bond motifs is 1. The Balaban J connectivity index is 1.59. The number of carbonyl (C=O) groups excluding carboxylic acids is 1. The molecule has 0 unspecified atom stereocenters. The molecule has 1 aromatic heterocycles. The first-order valence-corrected chi connectivity index (χ1v) is 9.98. The summed E-state index contributed by atoms with van der Waals surface area (Å²) < 4.78 is 14.5. The Hall–Kier alpha value is -2.31. The van der Waals surface area contributed by atoms with Gasteiger partial charge in [0.1, 0.15) is 5.82 Å². The first-order chi connectivity index (χ1) is 13.5. The zero-order valence-corrected chi connectivity index (χ0v) is 16.5. The van der Waals surface area contributed by atoms with Gasteiger partial charge in [0.15, 0.2) is 0 Å². The molecule has 1 amide bonds. The molecular weight excluding hydrogens is 402 g/mol. The second-order valence-corrected chi connectivity index (χ2v) is 7.78. The molecule has 1 aliphatic rings. The number of hydrogen-bond acceptors (Lipinski definition) is 3. The van der Waals surface area contributed by atoms with Crippen LogP contribution in [0.5, 0.6) is 0 Å². The molecule has 1 aliphatic carbocycles. The number of rotatable bonds is 4. The van der Waals surface area contributed by atoms with Crippen molar-refractivity contribution in [2.75, 3.05) is 5.32 Å². The lowest BCUT2D eigenvalue weighted by atomic mass is 9.95. The van der Waals surface area contributed by atoms with E-state index in [1.165, 1.54) is 18.6 Å². The van der Waals surface area contributed by atoms with Crippen LogP contribution in [0.3, 0.4) is 0 Å². The monoisotopic (exact) mass is 420 g/mol. The van der Waals surface area contributed by atoms with Crippen molar-refractivity contribution in [3.63, 3.8) is 0 Å². The van der Waals surface area contributed by atoms with Crippen molar-refractivity contribution in [3.8, 4) is 0 Å². The molecular formula is C20H19Cl2FN4O. The van der Waals surface area contributed by atoms with E-state index in [0.717, 1.165) is 25.7 Å². The second-order valence-electron chi connectivity index (χ2n) is 6.96. The van der Waals surface area contributed by atoms with Gasteiger partial charge in [-0.05, 0) is 31.0 Å². The SMILES string of the molecule is O=C(NC1CCCCC1)c1cc2nc(Nc3c(Cl)cccc3Cl)[nH]c2cc1F. The Morgan fingerprint density at radius 2 is 1.86 bits per heavy atom. The van der Waals surface area contributed by atoms with E-state index in [-0.39, 0.29) is 11.6 Å². The van der Waals surface area contributed by atoms with Crippen LogP contribution in [-0.4, -0.2) is 21.9 Å². The number of H-pyrrole nitrogens is 1. The van der Waals surface area contributed by atoms with Crippen molar-refractivity contribution in [3.05, 3.63) is 51.8 Å². The highest BCUT2D eigenvalue weighted by molar-refractivity contribution is 6.39. The molecule has 0 saturated heterocycles. The predicted molar refractivity (Wildman–Crippen MR) is 110 cm³/mol. The maximum Gasteiger partial charge on any atom is 0.254 e. The zero-order valence-electron chi connectivity index (χ0n) is 15.0. The molecule has 3 N–H and O–H groups in total. The number of aromatic nitrogens is 2. The van der Waals surface area contributed by atoms with Gasteiger partial charge in [0.25, 0.3) is 5.91 Å². The summed E-state index contributed by atoms with van der Waals surface area (Å²) in [5.74, 6) is -0.640. The smallest absolute Gasteiger partial charge is 0.254 e. The fraction of sp³-hybridized carbons (Fsp3) is 0.300. The van der Waals surface area contributed by atoms with Gasteiger partial charge in [-0.3, -0.25) is 4.79 Å². The van der Waals surface area contributed by atoms with Crippen molar-refractivity contribution >= 4 is 51.8 Å². The molecule has 146 valence electrons. The van der Waals surface area contributed by atoms with Crippen LogP contribution in [0, 0.1) is 5.82 Å². The number of benzene rings is 2. The van der Waals surface area contributed by atoms with Crippen LogP contribution in [-0.2, 0) is 0 Å². The number of para-hydroxylation sites is 1. The quantitative estimate of drug-likeness (QED) is 0.498. The third-order valence-electron chi connectivity index (χ3n) is 4.96. The van der Waals surface area contributed by atoms with E-state index < -0.39 is 11.7 Å². The number of imidazole rings is 1. The first kappa shape index (κ1) is 19.0. The van der Waals surface area contributed by atoms with Gasteiger partial charge in [0.05, 0.1) is 32.3 Å². The lowest BCUT2D eigenvalue weighted by Gasteiger charge is -2.22. The molecule has 4 rings (SSSR count). The van der Waals surface area contributed by atoms with E-state index in [9.17, 15) is 9.18 Å². The molecule has 3 aromatic rings. The van der Waals surface area contributed by atoms with E-state index in [2.05, 4.69) is 20.6 Å². The Bertz CT molecular complexity index is 1010.